The van der Waals surface area contributed by atoms with Crippen LogP contribution in [0.15, 0.2) is 51.0 Å². The highest BCUT2D eigenvalue weighted by atomic mass is 32.2. The Balaban J connectivity index is 1.62. The lowest BCUT2D eigenvalue weighted by molar-refractivity contribution is 0.573. The largest absolute Gasteiger partial charge is 0.357 e. The quantitative estimate of drug-likeness (QED) is 0.665. The minimum absolute atomic E-state index is 0.0748. The topological polar surface area (TPSA) is 117 Å². The first-order valence-corrected chi connectivity index (χ1v) is 10.8. The summed E-state index contributed by atoms with van der Waals surface area (Å²) in [4.78, 5) is 32.4. The minimum Gasteiger partial charge on any atom is -0.357 e. The number of aromatic nitrogens is 3. The van der Waals surface area contributed by atoms with Gasteiger partial charge in [0.25, 0.3) is 15.6 Å². The number of piperidine rings is 1. The first kappa shape index (κ1) is 19.2. The molecule has 29 heavy (non-hydrogen) atoms. The van der Waals surface area contributed by atoms with E-state index < -0.39 is 21.3 Å². The van der Waals surface area contributed by atoms with Gasteiger partial charge in [-0.15, -0.1) is 0 Å². The van der Waals surface area contributed by atoms with Crippen LogP contribution in [-0.2, 0) is 17.1 Å². The number of anilines is 2. The molecule has 9 nitrogen and oxygen atoms in total. The number of pyridine rings is 1. The zero-order valence-electron chi connectivity index (χ0n) is 15.9. The van der Waals surface area contributed by atoms with Crippen LogP contribution in [0.1, 0.15) is 19.3 Å². The zero-order chi connectivity index (χ0) is 20.6. The summed E-state index contributed by atoms with van der Waals surface area (Å²) in [5.41, 5.74) is -0.505. The SMILES string of the molecule is Cn1c(=O)[nH]c(=O)c2cc(S(=O)(=O)Nc3ccc(N4CCCCC4)nc3)ccc21. The van der Waals surface area contributed by atoms with Gasteiger partial charge in [0, 0.05) is 20.1 Å². The second-order valence-corrected chi connectivity index (χ2v) is 8.74. The lowest BCUT2D eigenvalue weighted by Crippen LogP contribution is -2.30. The highest BCUT2D eigenvalue weighted by molar-refractivity contribution is 7.92. The van der Waals surface area contributed by atoms with Crippen molar-refractivity contribution in [2.24, 2.45) is 7.05 Å². The molecule has 3 aromatic rings. The third kappa shape index (κ3) is 3.75. The molecule has 0 amide bonds. The van der Waals surface area contributed by atoms with E-state index >= 15 is 0 Å². The molecule has 0 aliphatic carbocycles. The number of hydrogen-bond donors (Lipinski definition) is 2. The Morgan fingerprint density at radius 3 is 2.52 bits per heavy atom. The van der Waals surface area contributed by atoms with E-state index in [1.54, 1.807) is 12.1 Å². The van der Waals surface area contributed by atoms with Gasteiger partial charge in [0.2, 0.25) is 0 Å². The average molecular weight is 415 g/mol. The van der Waals surface area contributed by atoms with E-state index in [4.69, 9.17) is 0 Å². The van der Waals surface area contributed by atoms with Crippen molar-refractivity contribution in [3.05, 3.63) is 57.4 Å². The highest BCUT2D eigenvalue weighted by Gasteiger charge is 2.18. The van der Waals surface area contributed by atoms with Crippen molar-refractivity contribution in [1.82, 2.24) is 14.5 Å². The standard InChI is InChI=1S/C19H21N5O4S/c1-23-16-7-6-14(11-15(16)18(25)21-19(23)26)29(27,28)22-13-5-8-17(20-12-13)24-9-3-2-4-10-24/h5-8,11-12,22H,2-4,9-10H2,1H3,(H,21,25,26). The zero-order valence-corrected chi connectivity index (χ0v) is 16.7. The van der Waals surface area contributed by atoms with Gasteiger partial charge in [-0.25, -0.2) is 18.2 Å². The maximum atomic E-state index is 12.8. The molecule has 2 aromatic heterocycles. The second kappa shape index (κ2) is 7.36. The van der Waals surface area contributed by atoms with E-state index in [2.05, 4.69) is 19.6 Å². The van der Waals surface area contributed by atoms with Crippen molar-refractivity contribution in [2.45, 2.75) is 24.2 Å². The van der Waals surface area contributed by atoms with Crippen molar-refractivity contribution >= 4 is 32.4 Å². The lowest BCUT2D eigenvalue weighted by Gasteiger charge is -2.27. The van der Waals surface area contributed by atoms with Crippen molar-refractivity contribution in [3.63, 3.8) is 0 Å². The Labute approximate surface area is 167 Å². The first-order valence-electron chi connectivity index (χ1n) is 9.32. The summed E-state index contributed by atoms with van der Waals surface area (Å²) < 4.78 is 29.3. The summed E-state index contributed by atoms with van der Waals surface area (Å²) in [6.07, 6.45) is 4.96. The third-order valence-electron chi connectivity index (χ3n) is 5.09. The number of nitrogens with one attached hydrogen (secondary N) is 2. The Kier molecular flexibility index (Phi) is 4.87. The number of benzene rings is 1. The summed E-state index contributed by atoms with van der Waals surface area (Å²) in [6, 6.07) is 7.53. The fourth-order valence-corrected chi connectivity index (χ4v) is 4.55. The van der Waals surface area contributed by atoms with E-state index in [0.717, 1.165) is 31.7 Å². The molecule has 152 valence electrons. The second-order valence-electron chi connectivity index (χ2n) is 7.06. The normalized spacial score (nSPS) is 14.9. The minimum atomic E-state index is -3.93. The fourth-order valence-electron chi connectivity index (χ4n) is 3.48. The van der Waals surface area contributed by atoms with Crippen LogP contribution in [0.5, 0.6) is 0 Å². The predicted molar refractivity (Wildman–Crippen MR) is 111 cm³/mol. The van der Waals surface area contributed by atoms with E-state index in [-0.39, 0.29) is 10.3 Å². The van der Waals surface area contributed by atoms with Gasteiger partial charge in [0.1, 0.15) is 5.82 Å². The highest BCUT2D eigenvalue weighted by Crippen LogP contribution is 2.22. The van der Waals surface area contributed by atoms with Crippen LogP contribution in [0.25, 0.3) is 10.9 Å². The van der Waals surface area contributed by atoms with Crippen molar-refractivity contribution < 1.29 is 8.42 Å². The molecule has 0 unspecified atom stereocenters. The summed E-state index contributed by atoms with van der Waals surface area (Å²) in [6.45, 7) is 1.90. The number of H-pyrrole nitrogens is 1. The predicted octanol–water partition coefficient (Wildman–Crippen LogP) is 1.41. The van der Waals surface area contributed by atoms with Crippen LogP contribution in [-0.4, -0.2) is 36.0 Å². The molecule has 0 saturated carbocycles. The molecular weight excluding hydrogens is 394 g/mol. The Morgan fingerprint density at radius 1 is 1.07 bits per heavy atom. The van der Waals surface area contributed by atoms with E-state index in [0.29, 0.717) is 11.2 Å². The number of nitrogens with zero attached hydrogens (tertiary/aromatic N) is 3. The molecule has 4 rings (SSSR count). The molecular formula is C19H21N5O4S. The van der Waals surface area contributed by atoms with Gasteiger partial charge < -0.3 is 4.90 Å². The van der Waals surface area contributed by atoms with E-state index in [1.807, 2.05) is 0 Å². The molecule has 1 fully saturated rings. The van der Waals surface area contributed by atoms with Gasteiger partial charge >= 0.3 is 5.69 Å². The molecule has 1 saturated heterocycles. The van der Waals surface area contributed by atoms with Crippen LogP contribution >= 0.6 is 0 Å². The number of hydrogen-bond acceptors (Lipinski definition) is 6. The Morgan fingerprint density at radius 2 is 1.83 bits per heavy atom. The van der Waals surface area contributed by atoms with Crippen molar-refractivity contribution in [3.8, 4) is 0 Å². The van der Waals surface area contributed by atoms with Crippen molar-refractivity contribution in [2.75, 3.05) is 22.7 Å². The molecule has 2 N–H and O–H groups in total. The van der Waals surface area contributed by atoms with Gasteiger partial charge in [0.05, 0.1) is 27.7 Å². The number of rotatable bonds is 4. The van der Waals surface area contributed by atoms with Crippen LogP contribution in [0.4, 0.5) is 11.5 Å². The number of aryl methyl sites for hydroxylation is 1. The third-order valence-corrected chi connectivity index (χ3v) is 6.47. The average Bonchev–Trinajstić information content (AvgIpc) is 2.73. The molecule has 1 aliphatic heterocycles. The van der Waals surface area contributed by atoms with E-state index in [1.165, 1.54) is 42.4 Å². The van der Waals surface area contributed by atoms with Crippen LogP contribution in [0, 0.1) is 0 Å². The molecule has 1 aromatic carbocycles. The van der Waals surface area contributed by atoms with Crippen LogP contribution < -0.4 is 20.9 Å². The summed E-state index contributed by atoms with van der Waals surface area (Å²) in [7, 11) is -2.42. The number of aromatic amines is 1. The van der Waals surface area contributed by atoms with Gasteiger partial charge in [-0.1, -0.05) is 0 Å². The smallest absolute Gasteiger partial charge is 0.328 e. The molecule has 3 heterocycles. The number of fused-ring (bicyclic) bond motifs is 1. The molecule has 0 spiro atoms. The first-order chi connectivity index (χ1) is 13.8. The lowest BCUT2D eigenvalue weighted by atomic mass is 10.1. The molecule has 0 atom stereocenters. The monoisotopic (exact) mass is 415 g/mol. The summed E-state index contributed by atoms with van der Waals surface area (Å²) >= 11 is 0. The fraction of sp³-hybridized carbons (Fsp3) is 0.316. The van der Waals surface area contributed by atoms with Crippen LogP contribution in [0.2, 0.25) is 0 Å². The van der Waals surface area contributed by atoms with Gasteiger partial charge in [-0.2, -0.15) is 0 Å². The van der Waals surface area contributed by atoms with Crippen molar-refractivity contribution in [1.29, 1.82) is 0 Å². The Hall–Kier alpha value is -3.14. The Bertz CT molecular complexity index is 1270. The number of sulfonamides is 1. The van der Waals surface area contributed by atoms with E-state index in [9.17, 15) is 18.0 Å². The maximum Gasteiger partial charge on any atom is 0.328 e. The molecule has 10 heteroatoms. The van der Waals surface area contributed by atoms with Crippen LogP contribution in [0.3, 0.4) is 0 Å². The summed E-state index contributed by atoms with van der Waals surface area (Å²) in [5, 5.41) is 0.119. The molecule has 0 radical (unpaired) electrons. The maximum absolute atomic E-state index is 12.8. The van der Waals surface area contributed by atoms with Gasteiger partial charge in [-0.3, -0.25) is 19.1 Å². The molecule has 1 aliphatic rings. The van der Waals surface area contributed by atoms with Gasteiger partial charge in [0.15, 0.2) is 0 Å². The molecule has 0 bridgehead atoms. The van der Waals surface area contributed by atoms with Gasteiger partial charge in [-0.05, 0) is 49.6 Å². The summed E-state index contributed by atoms with van der Waals surface area (Å²) in [5.74, 6) is 0.825.